The number of nitrogens with zero attached hydrogens (tertiary/aromatic N) is 2. The number of imidazole rings is 1. The van der Waals surface area contributed by atoms with E-state index in [0.29, 0.717) is 5.69 Å². The number of carboxylic acid groups (broad SMARTS) is 1. The van der Waals surface area contributed by atoms with Crippen molar-refractivity contribution >= 4 is 22.7 Å². The number of hydrogen-bond donors (Lipinski definition) is 2. The monoisotopic (exact) mass is 301 g/mol. The van der Waals surface area contributed by atoms with Gasteiger partial charge in [0.25, 0.3) is 0 Å². The molecule has 3 N–H and O–H groups in total. The number of anilines is 1. The van der Waals surface area contributed by atoms with Gasteiger partial charge in [-0.05, 0) is 30.5 Å². The molecule has 0 spiro atoms. The highest BCUT2D eigenvalue weighted by Crippen LogP contribution is 2.28. The summed E-state index contributed by atoms with van der Waals surface area (Å²) in [6, 6.07) is 5.48. The number of nitrogen functional groups attached to an aromatic ring is 1. The summed E-state index contributed by atoms with van der Waals surface area (Å²) in [6.07, 6.45) is 8.54. The summed E-state index contributed by atoms with van der Waals surface area (Å²) in [4.78, 5) is 15.8. The molecule has 1 heterocycles. The first-order valence-corrected chi connectivity index (χ1v) is 8.10. The first kappa shape index (κ1) is 14.9. The molecule has 1 fully saturated rings. The number of rotatable bonds is 5. The molecule has 1 aliphatic carbocycles. The van der Waals surface area contributed by atoms with Crippen LogP contribution in [0.1, 0.15) is 44.3 Å². The van der Waals surface area contributed by atoms with Gasteiger partial charge in [0.05, 0.1) is 11.0 Å². The van der Waals surface area contributed by atoms with E-state index in [1.807, 2.05) is 16.7 Å². The number of benzene rings is 1. The van der Waals surface area contributed by atoms with Gasteiger partial charge in [-0.25, -0.2) is 4.98 Å². The zero-order chi connectivity index (χ0) is 15.5. The van der Waals surface area contributed by atoms with E-state index >= 15 is 0 Å². The van der Waals surface area contributed by atoms with Crippen LogP contribution >= 0.6 is 0 Å². The second-order valence-corrected chi connectivity index (χ2v) is 6.30. The van der Waals surface area contributed by atoms with Gasteiger partial charge in [0.15, 0.2) is 0 Å². The maximum absolute atomic E-state index is 11.2. The Morgan fingerprint density at radius 1 is 1.32 bits per heavy atom. The highest BCUT2D eigenvalue weighted by molar-refractivity contribution is 5.81. The lowest BCUT2D eigenvalue weighted by atomic mass is 9.86. The highest BCUT2D eigenvalue weighted by Gasteiger charge is 2.17. The van der Waals surface area contributed by atoms with Gasteiger partial charge in [-0.2, -0.15) is 0 Å². The Hall–Kier alpha value is -2.04. The van der Waals surface area contributed by atoms with E-state index in [9.17, 15) is 4.79 Å². The van der Waals surface area contributed by atoms with Crippen molar-refractivity contribution in [3.8, 4) is 0 Å². The van der Waals surface area contributed by atoms with Crippen molar-refractivity contribution in [1.82, 2.24) is 9.55 Å². The van der Waals surface area contributed by atoms with Crippen LogP contribution in [0.3, 0.4) is 0 Å². The lowest BCUT2D eigenvalue weighted by molar-refractivity contribution is -0.137. The molecule has 118 valence electrons. The van der Waals surface area contributed by atoms with Crippen molar-refractivity contribution in [1.29, 1.82) is 0 Å². The van der Waals surface area contributed by atoms with Crippen molar-refractivity contribution in [3.63, 3.8) is 0 Å². The van der Waals surface area contributed by atoms with E-state index in [-0.39, 0.29) is 6.54 Å². The number of aryl methyl sites for hydroxylation is 1. The maximum Gasteiger partial charge on any atom is 0.323 e. The third-order valence-corrected chi connectivity index (χ3v) is 4.65. The second kappa shape index (κ2) is 6.38. The van der Waals surface area contributed by atoms with Crippen LogP contribution in [-0.2, 0) is 17.8 Å². The Kier molecular flexibility index (Phi) is 4.32. The lowest BCUT2D eigenvalue weighted by Crippen LogP contribution is -2.14. The maximum atomic E-state index is 11.2. The number of carbonyl (C=O) groups is 1. The van der Waals surface area contributed by atoms with E-state index in [4.69, 9.17) is 10.8 Å². The molecule has 1 aliphatic rings. The van der Waals surface area contributed by atoms with Crippen molar-refractivity contribution < 1.29 is 9.90 Å². The predicted molar refractivity (Wildman–Crippen MR) is 86.7 cm³/mol. The largest absolute Gasteiger partial charge is 0.480 e. The minimum Gasteiger partial charge on any atom is -0.480 e. The fourth-order valence-corrected chi connectivity index (χ4v) is 3.51. The lowest BCUT2D eigenvalue weighted by Gasteiger charge is -2.21. The molecular formula is C17H23N3O2. The van der Waals surface area contributed by atoms with E-state index in [1.54, 1.807) is 6.07 Å². The Bertz CT molecular complexity index is 672. The summed E-state index contributed by atoms with van der Waals surface area (Å²) in [5, 5.41) is 9.17. The third kappa shape index (κ3) is 3.24. The first-order valence-electron chi connectivity index (χ1n) is 8.10. The zero-order valence-electron chi connectivity index (χ0n) is 12.8. The quantitative estimate of drug-likeness (QED) is 0.831. The molecule has 3 rings (SSSR count). The van der Waals surface area contributed by atoms with Crippen LogP contribution in [0.25, 0.3) is 11.0 Å². The van der Waals surface area contributed by atoms with Crippen LogP contribution in [-0.4, -0.2) is 20.6 Å². The van der Waals surface area contributed by atoms with Gasteiger partial charge in [-0.3, -0.25) is 4.79 Å². The summed E-state index contributed by atoms with van der Waals surface area (Å²) in [6.45, 7) is -0.0413. The fraction of sp³-hybridized carbons (Fsp3) is 0.529. The molecule has 2 aromatic rings. The van der Waals surface area contributed by atoms with Crippen molar-refractivity contribution in [3.05, 3.63) is 24.0 Å². The molecule has 0 atom stereocenters. The average Bonchev–Trinajstić information content (AvgIpc) is 2.82. The molecule has 5 nitrogen and oxygen atoms in total. The zero-order valence-corrected chi connectivity index (χ0v) is 12.8. The standard InChI is InChI=1S/C17H23N3O2/c18-13-7-8-15-14(10-13)19-16(20(15)11-17(21)22)9-6-12-4-2-1-3-5-12/h7-8,10,12H,1-6,9,11,18H2,(H,21,22). The predicted octanol–water partition coefficient (Wildman–Crippen LogP) is 3.22. The molecule has 0 aliphatic heterocycles. The van der Waals surface area contributed by atoms with Crippen LogP contribution in [0.4, 0.5) is 5.69 Å². The number of nitrogens with two attached hydrogens (primary N) is 1. The van der Waals surface area contributed by atoms with Crippen molar-refractivity contribution in [2.24, 2.45) is 5.92 Å². The van der Waals surface area contributed by atoms with E-state index in [2.05, 4.69) is 4.98 Å². The van der Waals surface area contributed by atoms with E-state index < -0.39 is 5.97 Å². The van der Waals surface area contributed by atoms with E-state index in [0.717, 1.165) is 35.6 Å². The highest BCUT2D eigenvalue weighted by atomic mass is 16.4. The van der Waals surface area contributed by atoms with Gasteiger partial charge in [0.1, 0.15) is 12.4 Å². The SMILES string of the molecule is Nc1ccc2c(c1)nc(CCC1CCCCC1)n2CC(=O)O. The molecule has 22 heavy (non-hydrogen) atoms. The number of hydrogen-bond acceptors (Lipinski definition) is 3. The Morgan fingerprint density at radius 3 is 2.82 bits per heavy atom. The Balaban J connectivity index is 1.84. The van der Waals surface area contributed by atoms with Gasteiger partial charge in [-0.15, -0.1) is 0 Å². The number of aliphatic carboxylic acids is 1. The molecule has 1 aromatic carbocycles. The average molecular weight is 301 g/mol. The second-order valence-electron chi connectivity index (χ2n) is 6.30. The molecule has 1 saturated carbocycles. The summed E-state index contributed by atoms with van der Waals surface area (Å²) < 4.78 is 1.82. The summed E-state index contributed by atoms with van der Waals surface area (Å²) in [5.41, 5.74) is 8.12. The molecule has 0 radical (unpaired) electrons. The molecule has 1 aromatic heterocycles. The van der Waals surface area contributed by atoms with E-state index in [1.165, 1.54) is 32.1 Å². The molecule has 0 amide bonds. The number of fused-ring (bicyclic) bond motifs is 1. The van der Waals surface area contributed by atoms with Crippen LogP contribution in [0.5, 0.6) is 0 Å². The minimum absolute atomic E-state index is 0.0413. The van der Waals surface area contributed by atoms with Crippen molar-refractivity contribution in [2.75, 3.05) is 5.73 Å². The summed E-state index contributed by atoms with van der Waals surface area (Å²) in [5.74, 6) is 0.792. The third-order valence-electron chi connectivity index (χ3n) is 4.65. The van der Waals surface area contributed by atoms with Crippen LogP contribution in [0, 0.1) is 5.92 Å². The van der Waals surface area contributed by atoms with Gasteiger partial charge in [0, 0.05) is 12.1 Å². The molecular weight excluding hydrogens is 278 g/mol. The van der Waals surface area contributed by atoms with Gasteiger partial charge in [-0.1, -0.05) is 32.1 Å². The normalized spacial score (nSPS) is 16.2. The Morgan fingerprint density at radius 2 is 2.09 bits per heavy atom. The Labute approximate surface area is 130 Å². The van der Waals surface area contributed by atoms with Crippen LogP contribution in [0.2, 0.25) is 0 Å². The number of carboxylic acids is 1. The molecule has 0 unspecified atom stereocenters. The molecule has 0 bridgehead atoms. The summed E-state index contributed by atoms with van der Waals surface area (Å²) in [7, 11) is 0. The fourth-order valence-electron chi connectivity index (χ4n) is 3.51. The molecule has 5 heteroatoms. The van der Waals surface area contributed by atoms with Gasteiger partial charge >= 0.3 is 5.97 Å². The minimum atomic E-state index is -0.838. The van der Waals surface area contributed by atoms with Gasteiger partial charge in [0.2, 0.25) is 0 Å². The molecule has 0 saturated heterocycles. The van der Waals surface area contributed by atoms with Crippen LogP contribution in [0.15, 0.2) is 18.2 Å². The smallest absolute Gasteiger partial charge is 0.323 e. The topological polar surface area (TPSA) is 81.1 Å². The number of aromatic nitrogens is 2. The summed E-state index contributed by atoms with van der Waals surface area (Å²) >= 11 is 0. The van der Waals surface area contributed by atoms with Gasteiger partial charge < -0.3 is 15.4 Å². The van der Waals surface area contributed by atoms with Crippen LogP contribution < -0.4 is 5.73 Å². The van der Waals surface area contributed by atoms with Crippen molar-refractivity contribution in [2.45, 2.75) is 51.5 Å². The first-order chi connectivity index (χ1) is 10.6.